The Balaban J connectivity index is 1.93. The highest BCUT2D eigenvalue weighted by atomic mass is 16.6. The zero-order valence-electron chi connectivity index (χ0n) is 13.6. The predicted octanol–water partition coefficient (Wildman–Crippen LogP) is 3.09. The molecule has 0 saturated heterocycles. The number of hydrogen-bond acceptors (Lipinski definition) is 4. The van der Waals surface area contributed by atoms with Gasteiger partial charge in [0.1, 0.15) is 12.6 Å². The highest BCUT2D eigenvalue weighted by molar-refractivity contribution is 5.81. The number of nitrogens with one attached hydrogen (secondary N) is 1. The monoisotopic (exact) mass is 327 g/mol. The van der Waals surface area contributed by atoms with Crippen LogP contribution in [0.2, 0.25) is 0 Å². The summed E-state index contributed by atoms with van der Waals surface area (Å²) in [6.07, 6.45) is -0.298. The molecule has 0 unspecified atom stereocenters. The van der Waals surface area contributed by atoms with Gasteiger partial charge in [0.05, 0.1) is 6.61 Å². The summed E-state index contributed by atoms with van der Waals surface area (Å²) >= 11 is 0. The second kappa shape index (κ2) is 9.35. The van der Waals surface area contributed by atoms with Gasteiger partial charge >= 0.3 is 12.1 Å². The van der Waals surface area contributed by atoms with Crippen LogP contribution in [0.5, 0.6) is 0 Å². The summed E-state index contributed by atoms with van der Waals surface area (Å²) in [5, 5.41) is 2.58. The molecule has 1 amide bonds. The largest absolute Gasteiger partial charge is 0.464 e. The van der Waals surface area contributed by atoms with Crippen LogP contribution < -0.4 is 5.32 Å². The summed E-state index contributed by atoms with van der Waals surface area (Å²) in [7, 11) is 0. The van der Waals surface area contributed by atoms with Crippen LogP contribution in [0.4, 0.5) is 4.79 Å². The molecule has 1 atom stereocenters. The van der Waals surface area contributed by atoms with Crippen molar-refractivity contribution in [1.82, 2.24) is 5.32 Å². The van der Waals surface area contributed by atoms with Crippen LogP contribution in [0.25, 0.3) is 0 Å². The van der Waals surface area contributed by atoms with Gasteiger partial charge in [-0.25, -0.2) is 9.59 Å². The Hall–Kier alpha value is -2.82. The minimum Gasteiger partial charge on any atom is -0.464 e. The molecule has 0 heterocycles. The van der Waals surface area contributed by atoms with Crippen molar-refractivity contribution in [3.8, 4) is 0 Å². The van der Waals surface area contributed by atoms with E-state index in [9.17, 15) is 9.59 Å². The van der Waals surface area contributed by atoms with E-state index >= 15 is 0 Å². The number of carbonyl (C=O) groups excluding carboxylic acids is 2. The van der Waals surface area contributed by atoms with E-state index in [2.05, 4.69) is 5.32 Å². The van der Waals surface area contributed by atoms with E-state index in [-0.39, 0.29) is 13.2 Å². The summed E-state index contributed by atoms with van der Waals surface area (Å²) < 4.78 is 10.2. The van der Waals surface area contributed by atoms with Crippen LogP contribution in [0, 0.1) is 0 Å². The van der Waals surface area contributed by atoms with Crippen molar-refractivity contribution in [1.29, 1.82) is 0 Å². The maximum Gasteiger partial charge on any atom is 0.408 e. The molecule has 2 aromatic rings. The number of alkyl carbamates (subject to hydrolysis) is 1. The highest BCUT2D eigenvalue weighted by Gasteiger charge is 2.23. The first-order valence-electron chi connectivity index (χ1n) is 7.87. The zero-order chi connectivity index (χ0) is 17.2. The molecule has 0 spiro atoms. The Labute approximate surface area is 141 Å². The molecule has 0 aliphatic rings. The van der Waals surface area contributed by atoms with E-state index in [0.29, 0.717) is 6.42 Å². The maximum atomic E-state index is 12.1. The van der Waals surface area contributed by atoms with Gasteiger partial charge in [-0.15, -0.1) is 0 Å². The van der Waals surface area contributed by atoms with Crippen LogP contribution in [0.1, 0.15) is 18.1 Å². The van der Waals surface area contributed by atoms with Crippen LogP contribution >= 0.6 is 0 Å². The van der Waals surface area contributed by atoms with Crippen molar-refractivity contribution in [3.63, 3.8) is 0 Å². The third kappa shape index (κ3) is 5.76. The smallest absolute Gasteiger partial charge is 0.408 e. The van der Waals surface area contributed by atoms with E-state index in [1.807, 2.05) is 60.7 Å². The molecular weight excluding hydrogens is 306 g/mol. The zero-order valence-corrected chi connectivity index (χ0v) is 13.6. The van der Waals surface area contributed by atoms with Crippen LogP contribution in [-0.4, -0.2) is 24.7 Å². The van der Waals surface area contributed by atoms with Crippen molar-refractivity contribution in [2.75, 3.05) is 6.61 Å². The lowest BCUT2D eigenvalue weighted by atomic mass is 10.1. The van der Waals surface area contributed by atoms with Gasteiger partial charge in [-0.1, -0.05) is 60.7 Å². The molecule has 126 valence electrons. The molecule has 0 aliphatic carbocycles. The molecule has 0 saturated carbocycles. The average molecular weight is 327 g/mol. The fourth-order valence-electron chi connectivity index (χ4n) is 2.19. The van der Waals surface area contributed by atoms with Gasteiger partial charge in [-0.05, 0) is 18.1 Å². The molecule has 0 aliphatic heterocycles. The Kier molecular flexibility index (Phi) is 6.83. The Bertz CT molecular complexity index is 643. The third-order valence-corrected chi connectivity index (χ3v) is 3.36. The molecule has 5 nitrogen and oxygen atoms in total. The first-order chi connectivity index (χ1) is 11.7. The number of esters is 1. The molecule has 5 heteroatoms. The third-order valence-electron chi connectivity index (χ3n) is 3.36. The number of ether oxygens (including phenoxy) is 2. The van der Waals surface area contributed by atoms with Gasteiger partial charge in [0, 0.05) is 6.42 Å². The number of rotatable bonds is 7. The molecule has 2 rings (SSSR count). The minimum absolute atomic E-state index is 0.146. The topological polar surface area (TPSA) is 64.6 Å². The first-order valence-corrected chi connectivity index (χ1v) is 7.87. The molecule has 0 bridgehead atoms. The van der Waals surface area contributed by atoms with Gasteiger partial charge in [0.15, 0.2) is 0 Å². The Morgan fingerprint density at radius 1 is 0.917 bits per heavy atom. The molecule has 0 aromatic heterocycles. The number of amides is 1. The van der Waals surface area contributed by atoms with Gasteiger partial charge in [0.2, 0.25) is 0 Å². The summed E-state index contributed by atoms with van der Waals surface area (Å²) in [6, 6.07) is 18.0. The van der Waals surface area contributed by atoms with E-state index < -0.39 is 18.1 Å². The number of benzene rings is 2. The Morgan fingerprint density at radius 2 is 1.50 bits per heavy atom. The molecule has 2 aromatic carbocycles. The second-order valence-corrected chi connectivity index (χ2v) is 5.20. The predicted molar refractivity (Wildman–Crippen MR) is 90.3 cm³/mol. The van der Waals surface area contributed by atoms with E-state index in [4.69, 9.17) is 9.47 Å². The highest BCUT2D eigenvalue weighted by Crippen LogP contribution is 2.06. The molecule has 1 N–H and O–H groups in total. The van der Waals surface area contributed by atoms with Gasteiger partial charge in [-0.3, -0.25) is 0 Å². The van der Waals surface area contributed by atoms with E-state index in [1.165, 1.54) is 0 Å². The number of hydrogen-bond donors (Lipinski definition) is 1. The molecule has 24 heavy (non-hydrogen) atoms. The summed E-state index contributed by atoms with van der Waals surface area (Å²) in [6.45, 7) is 2.13. The molecule has 0 fully saturated rings. The lowest BCUT2D eigenvalue weighted by molar-refractivity contribution is -0.145. The summed E-state index contributed by atoms with van der Waals surface area (Å²) in [5.41, 5.74) is 1.81. The first kappa shape index (κ1) is 17.5. The van der Waals surface area contributed by atoms with E-state index in [1.54, 1.807) is 6.92 Å². The number of carbonyl (C=O) groups is 2. The van der Waals surface area contributed by atoms with Crippen LogP contribution in [0.15, 0.2) is 60.7 Å². The second-order valence-electron chi connectivity index (χ2n) is 5.20. The summed E-state index contributed by atoms with van der Waals surface area (Å²) in [5.74, 6) is -0.474. The average Bonchev–Trinajstić information content (AvgIpc) is 2.61. The molecule has 0 radical (unpaired) electrons. The SMILES string of the molecule is CCOC(=O)[C@H](Cc1ccccc1)NC(=O)OCc1ccccc1. The summed E-state index contributed by atoms with van der Waals surface area (Å²) in [4.78, 5) is 24.0. The lowest BCUT2D eigenvalue weighted by Crippen LogP contribution is -2.43. The minimum atomic E-state index is -0.782. The van der Waals surface area contributed by atoms with Crippen molar-refractivity contribution in [2.45, 2.75) is 26.0 Å². The van der Waals surface area contributed by atoms with Crippen molar-refractivity contribution in [2.24, 2.45) is 0 Å². The van der Waals surface area contributed by atoms with Gasteiger partial charge in [0.25, 0.3) is 0 Å². The van der Waals surface area contributed by atoms with Crippen LogP contribution in [-0.2, 0) is 27.3 Å². The maximum absolute atomic E-state index is 12.1. The van der Waals surface area contributed by atoms with Crippen molar-refractivity contribution >= 4 is 12.1 Å². The fraction of sp³-hybridized carbons (Fsp3) is 0.263. The Morgan fingerprint density at radius 3 is 2.08 bits per heavy atom. The molecular formula is C19H21NO4. The quantitative estimate of drug-likeness (QED) is 0.794. The van der Waals surface area contributed by atoms with Gasteiger partial charge in [-0.2, -0.15) is 0 Å². The normalized spacial score (nSPS) is 11.4. The van der Waals surface area contributed by atoms with Crippen LogP contribution in [0.3, 0.4) is 0 Å². The van der Waals surface area contributed by atoms with Crippen molar-refractivity contribution in [3.05, 3.63) is 71.8 Å². The van der Waals surface area contributed by atoms with Crippen molar-refractivity contribution < 1.29 is 19.1 Å². The fourth-order valence-corrected chi connectivity index (χ4v) is 2.19. The standard InChI is InChI=1S/C19H21NO4/c1-2-23-18(21)17(13-15-9-5-3-6-10-15)20-19(22)24-14-16-11-7-4-8-12-16/h3-12,17H,2,13-14H2,1H3,(H,20,22)/t17-/m0/s1. The van der Waals surface area contributed by atoms with E-state index in [0.717, 1.165) is 11.1 Å². The van der Waals surface area contributed by atoms with Gasteiger partial charge < -0.3 is 14.8 Å². The lowest BCUT2D eigenvalue weighted by Gasteiger charge is -2.17.